The van der Waals surface area contributed by atoms with Gasteiger partial charge in [0.15, 0.2) is 11.5 Å². The molecular weight excluding hydrogens is 190 g/mol. The molecule has 2 aromatic rings. The fraction of sp³-hybridized carbons (Fsp3) is 0.273. The number of nitrogens with zero attached hydrogens (tertiary/aromatic N) is 2. The molecule has 0 saturated carbocycles. The van der Waals surface area contributed by atoms with E-state index in [0.717, 1.165) is 16.7 Å². The van der Waals surface area contributed by atoms with Crippen molar-refractivity contribution in [2.24, 2.45) is 0 Å². The van der Waals surface area contributed by atoms with E-state index < -0.39 is 0 Å². The molecule has 78 valence electrons. The Morgan fingerprint density at radius 1 is 1.07 bits per heavy atom. The summed E-state index contributed by atoms with van der Waals surface area (Å²) in [5.41, 5.74) is 10.8. The summed E-state index contributed by atoms with van der Waals surface area (Å²) >= 11 is 0. The van der Waals surface area contributed by atoms with Crippen LogP contribution in [0.25, 0.3) is 11.3 Å². The number of hydrogen-bond donors (Lipinski definition) is 1. The van der Waals surface area contributed by atoms with E-state index in [1.54, 1.807) is 0 Å². The second-order valence-electron chi connectivity index (χ2n) is 3.77. The highest BCUT2D eigenvalue weighted by atomic mass is 16.6. The maximum Gasteiger partial charge on any atom is 0.196 e. The molecule has 2 N–H and O–H groups in total. The van der Waals surface area contributed by atoms with E-state index in [0.29, 0.717) is 11.5 Å². The van der Waals surface area contributed by atoms with E-state index in [1.807, 2.05) is 13.8 Å². The van der Waals surface area contributed by atoms with Crippen LogP contribution in [0.3, 0.4) is 0 Å². The van der Waals surface area contributed by atoms with Crippen molar-refractivity contribution in [1.82, 2.24) is 10.3 Å². The Labute approximate surface area is 88.1 Å². The predicted molar refractivity (Wildman–Crippen MR) is 58.4 cm³/mol. The third kappa shape index (κ3) is 1.58. The molecule has 0 spiro atoms. The molecule has 0 radical (unpaired) electrons. The molecule has 0 amide bonds. The molecule has 15 heavy (non-hydrogen) atoms. The lowest BCUT2D eigenvalue weighted by molar-refractivity contribution is 0.310. The maximum atomic E-state index is 5.68. The lowest BCUT2D eigenvalue weighted by atomic mass is 9.97. The zero-order valence-corrected chi connectivity index (χ0v) is 9.03. The fourth-order valence-electron chi connectivity index (χ4n) is 1.92. The number of benzene rings is 1. The van der Waals surface area contributed by atoms with Gasteiger partial charge in [-0.2, -0.15) is 0 Å². The van der Waals surface area contributed by atoms with Crippen LogP contribution in [0.5, 0.6) is 0 Å². The standard InChI is InChI=1S/C11H13N3O/c1-6-4-7(2)9(8(3)5-6)10-11(12)14-15-13-10/h4-5H,1-3H3,(H2,12,14). The summed E-state index contributed by atoms with van der Waals surface area (Å²) < 4.78 is 4.61. The van der Waals surface area contributed by atoms with Crippen LogP contribution < -0.4 is 5.73 Å². The van der Waals surface area contributed by atoms with Crippen LogP contribution >= 0.6 is 0 Å². The van der Waals surface area contributed by atoms with Crippen molar-refractivity contribution in [1.29, 1.82) is 0 Å². The van der Waals surface area contributed by atoms with E-state index in [1.165, 1.54) is 5.56 Å². The Hall–Kier alpha value is -1.84. The average molecular weight is 203 g/mol. The number of aromatic nitrogens is 2. The lowest BCUT2D eigenvalue weighted by Crippen LogP contribution is -1.94. The molecule has 0 aliphatic carbocycles. The van der Waals surface area contributed by atoms with Crippen molar-refractivity contribution in [2.75, 3.05) is 5.73 Å². The fourth-order valence-corrected chi connectivity index (χ4v) is 1.92. The van der Waals surface area contributed by atoms with E-state index in [-0.39, 0.29) is 0 Å². The smallest absolute Gasteiger partial charge is 0.196 e. The van der Waals surface area contributed by atoms with Crippen LogP contribution in [-0.2, 0) is 0 Å². The number of aryl methyl sites for hydroxylation is 3. The minimum atomic E-state index is 0.338. The van der Waals surface area contributed by atoms with Crippen LogP contribution in [0.1, 0.15) is 16.7 Å². The summed E-state index contributed by atoms with van der Waals surface area (Å²) in [5, 5.41) is 7.42. The van der Waals surface area contributed by atoms with Crippen molar-refractivity contribution in [3.63, 3.8) is 0 Å². The van der Waals surface area contributed by atoms with Crippen LogP contribution in [-0.4, -0.2) is 10.3 Å². The first-order valence-electron chi connectivity index (χ1n) is 4.76. The van der Waals surface area contributed by atoms with Gasteiger partial charge in [-0.3, -0.25) is 0 Å². The van der Waals surface area contributed by atoms with Gasteiger partial charge in [0.25, 0.3) is 0 Å². The van der Waals surface area contributed by atoms with Gasteiger partial charge in [-0.15, -0.1) is 0 Å². The van der Waals surface area contributed by atoms with Gasteiger partial charge in [0, 0.05) is 5.56 Å². The molecule has 1 aromatic heterocycles. The highest BCUT2D eigenvalue weighted by Crippen LogP contribution is 2.29. The van der Waals surface area contributed by atoms with Gasteiger partial charge < -0.3 is 5.73 Å². The first-order valence-corrected chi connectivity index (χ1v) is 4.76. The second kappa shape index (κ2) is 3.38. The number of anilines is 1. The molecule has 0 bridgehead atoms. The summed E-state index contributed by atoms with van der Waals surface area (Å²) in [4.78, 5) is 0. The number of nitrogen functional groups attached to an aromatic ring is 1. The molecule has 0 fully saturated rings. The Bertz CT molecular complexity index is 479. The van der Waals surface area contributed by atoms with Gasteiger partial charge in [-0.05, 0) is 42.2 Å². The maximum absolute atomic E-state index is 5.68. The number of hydrogen-bond acceptors (Lipinski definition) is 4. The molecule has 0 saturated heterocycles. The van der Waals surface area contributed by atoms with E-state index in [4.69, 9.17) is 5.73 Å². The predicted octanol–water partition coefficient (Wildman–Crippen LogP) is 2.24. The van der Waals surface area contributed by atoms with Crippen LogP contribution in [0, 0.1) is 20.8 Å². The number of nitrogens with two attached hydrogens (primary N) is 1. The van der Waals surface area contributed by atoms with Crippen molar-refractivity contribution in [2.45, 2.75) is 20.8 Å². The summed E-state index contributed by atoms with van der Waals surface area (Å²) in [5.74, 6) is 0.338. The third-order valence-electron chi connectivity index (χ3n) is 2.43. The molecule has 2 rings (SSSR count). The van der Waals surface area contributed by atoms with Crippen molar-refractivity contribution < 1.29 is 4.63 Å². The molecule has 1 aromatic carbocycles. The van der Waals surface area contributed by atoms with Crippen LogP contribution in [0.4, 0.5) is 5.82 Å². The van der Waals surface area contributed by atoms with Gasteiger partial charge >= 0.3 is 0 Å². The molecule has 0 atom stereocenters. The van der Waals surface area contributed by atoms with Gasteiger partial charge in [0.2, 0.25) is 0 Å². The largest absolute Gasteiger partial charge is 0.379 e. The van der Waals surface area contributed by atoms with Gasteiger partial charge in [0.05, 0.1) is 0 Å². The van der Waals surface area contributed by atoms with E-state index >= 15 is 0 Å². The first kappa shape index (κ1) is 9.71. The first-order chi connectivity index (χ1) is 7.09. The van der Waals surface area contributed by atoms with Gasteiger partial charge in [-0.1, -0.05) is 17.7 Å². The van der Waals surface area contributed by atoms with Crippen LogP contribution in [0.2, 0.25) is 0 Å². The normalized spacial score (nSPS) is 10.6. The Kier molecular flexibility index (Phi) is 2.19. The lowest BCUT2D eigenvalue weighted by Gasteiger charge is -2.08. The van der Waals surface area contributed by atoms with Crippen molar-refractivity contribution in [3.05, 3.63) is 28.8 Å². The molecule has 4 nitrogen and oxygen atoms in total. The Morgan fingerprint density at radius 3 is 2.13 bits per heavy atom. The van der Waals surface area contributed by atoms with Crippen molar-refractivity contribution in [3.8, 4) is 11.3 Å². The van der Waals surface area contributed by atoms with Gasteiger partial charge in [-0.25, -0.2) is 4.63 Å². The summed E-state index contributed by atoms with van der Waals surface area (Å²) in [6, 6.07) is 4.19. The SMILES string of the molecule is Cc1cc(C)c(-c2nonc2N)c(C)c1. The van der Waals surface area contributed by atoms with E-state index in [9.17, 15) is 0 Å². The zero-order chi connectivity index (χ0) is 11.0. The monoisotopic (exact) mass is 203 g/mol. The zero-order valence-electron chi connectivity index (χ0n) is 9.03. The highest BCUT2D eigenvalue weighted by Gasteiger charge is 2.14. The average Bonchev–Trinajstić information content (AvgIpc) is 2.50. The third-order valence-corrected chi connectivity index (χ3v) is 2.43. The molecule has 1 heterocycles. The van der Waals surface area contributed by atoms with Crippen molar-refractivity contribution >= 4 is 5.82 Å². The van der Waals surface area contributed by atoms with E-state index in [2.05, 4.69) is 34.0 Å². The summed E-state index contributed by atoms with van der Waals surface area (Å²) in [6.45, 7) is 6.13. The molecule has 0 aliphatic rings. The van der Waals surface area contributed by atoms with Crippen LogP contribution in [0.15, 0.2) is 16.8 Å². The summed E-state index contributed by atoms with van der Waals surface area (Å²) in [7, 11) is 0. The molecule has 4 heteroatoms. The Morgan fingerprint density at radius 2 is 1.67 bits per heavy atom. The molecule has 0 unspecified atom stereocenters. The summed E-state index contributed by atoms with van der Waals surface area (Å²) in [6.07, 6.45) is 0. The highest BCUT2D eigenvalue weighted by molar-refractivity contribution is 5.74. The quantitative estimate of drug-likeness (QED) is 0.772. The topological polar surface area (TPSA) is 64.9 Å². The second-order valence-corrected chi connectivity index (χ2v) is 3.77. The van der Waals surface area contributed by atoms with Gasteiger partial charge in [0.1, 0.15) is 0 Å². The minimum absolute atomic E-state index is 0.338. The number of rotatable bonds is 1. The molecule has 0 aliphatic heterocycles. The minimum Gasteiger partial charge on any atom is -0.379 e. The molecular formula is C11H13N3O. The Balaban J connectivity index is 2.68.